The van der Waals surface area contributed by atoms with Gasteiger partial charge in [0.25, 0.3) is 0 Å². The summed E-state index contributed by atoms with van der Waals surface area (Å²) in [4.78, 5) is 0. The van der Waals surface area contributed by atoms with Crippen molar-refractivity contribution in [3.8, 4) is 0 Å². The Kier molecular flexibility index (Phi) is 3.17. The number of ether oxygens (including phenoxy) is 1. The van der Waals surface area contributed by atoms with E-state index in [1.54, 1.807) is 0 Å². The summed E-state index contributed by atoms with van der Waals surface area (Å²) in [7, 11) is 0. The largest absolute Gasteiger partial charge is 0.377 e. The first kappa shape index (κ1) is 11.2. The number of rotatable bonds is 4. The summed E-state index contributed by atoms with van der Waals surface area (Å²) in [5.74, 6) is 0.769. The molecular weight excluding hydrogens is 186 g/mol. The van der Waals surface area contributed by atoms with E-state index in [2.05, 4.69) is 38.2 Å². The fourth-order valence-corrected chi connectivity index (χ4v) is 3.23. The van der Waals surface area contributed by atoms with Gasteiger partial charge in [-0.15, -0.1) is 0 Å². The molecule has 2 rings (SSSR count). The van der Waals surface area contributed by atoms with Crippen LogP contribution in [0.2, 0.25) is 0 Å². The molecule has 0 spiro atoms. The minimum absolute atomic E-state index is 0.330. The standard InChI is InChI=1S/C13H23NO/c1-4-5-6-8-14-11-10-7-9-15-12(10)13(11,2)3/h4-5,10-12,14H,6-9H2,1-3H3/b5-4+. The summed E-state index contributed by atoms with van der Waals surface area (Å²) in [5.41, 5.74) is 0.330. The second kappa shape index (κ2) is 4.26. The van der Waals surface area contributed by atoms with Gasteiger partial charge in [0.1, 0.15) is 0 Å². The average Bonchev–Trinajstić information content (AvgIpc) is 2.64. The molecule has 3 unspecified atom stereocenters. The fourth-order valence-electron chi connectivity index (χ4n) is 3.23. The number of fused-ring (bicyclic) bond motifs is 1. The lowest BCUT2D eigenvalue weighted by molar-refractivity contribution is -0.112. The smallest absolute Gasteiger partial charge is 0.0685 e. The van der Waals surface area contributed by atoms with E-state index in [1.807, 2.05) is 0 Å². The van der Waals surface area contributed by atoms with Crippen LogP contribution < -0.4 is 5.32 Å². The molecule has 86 valence electrons. The molecule has 2 heteroatoms. The van der Waals surface area contributed by atoms with Crippen LogP contribution in [0.4, 0.5) is 0 Å². The molecule has 0 aromatic carbocycles. The monoisotopic (exact) mass is 209 g/mol. The maximum atomic E-state index is 5.77. The van der Waals surface area contributed by atoms with E-state index in [0.717, 1.165) is 25.5 Å². The number of hydrogen-bond acceptors (Lipinski definition) is 2. The molecule has 1 aliphatic carbocycles. The lowest BCUT2D eigenvalue weighted by atomic mass is 9.57. The third-order valence-corrected chi connectivity index (χ3v) is 4.01. The van der Waals surface area contributed by atoms with Crippen LogP contribution in [0.5, 0.6) is 0 Å². The van der Waals surface area contributed by atoms with Crippen LogP contribution in [-0.4, -0.2) is 25.3 Å². The zero-order valence-electron chi connectivity index (χ0n) is 10.1. The van der Waals surface area contributed by atoms with Crippen molar-refractivity contribution >= 4 is 0 Å². The van der Waals surface area contributed by atoms with Gasteiger partial charge in [-0.2, -0.15) is 0 Å². The highest BCUT2D eigenvalue weighted by atomic mass is 16.5. The van der Waals surface area contributed by atoms with Crippen molar-refractivity contribution in [2.75, 3.05) is 13.2 Å². The molecule has 2 nitrogen and oxygen atoms in total. The van der Waals surface area contributed by atoms with Gasteiger partial charge < -0.3 is 10.1 Å². The van der Waals surface area contributed by atoms with E-state index in [-0.39, 0.29) is 0 Å². The van der Waals surface area contributed by atoms with Crippen LogP contribution in [-0.2, 0) is 4.74 Å². The highest BCUT2D eigenvalue weighted by molar-refractivity contribution is 5.11. The maximum Gasteiger partial charge on any atom is 0.0685 e. The van der Waals surface area contributed by atoms with Crippen LogP contribution >= 0.6 is 0 Å². The first-order valence-corrected chi connectivity index (χ1v) is 6.14. The normalized spacial score (nSPS) is 37.9. The van der Waals surface area contributed by atoms with Crippen molar-refractivity contribution in [2.24, 2.45) is 11.3 Å². The van der Waals surface area contributed by atoms with Gasteiger partial charge in [0, 0.05) is 24.0 Å². The summed E-state index contributed by atoms with van der Waals surface area (Å²) in [5, 5.41) is 3.68. The first-order chi connectivity index (χ1) is 7.18. The van der Waals surface area contributed by atoms with Crippen LogP contribution in [0.25, 0.3) is 0 Å². The Labute approximate surface area is 93.1 Å². The molecule has 0 bridgehead atoms. The Morgan fingerprint density at radius 3 is 3.00 bits per heavy atom. The molecule has 1 aliphatic heterocycles. The highest BCUT2D eigenvalue weighted by Crippen LogP contribution is 2.51. The van der Waals surface area contributed by atoms with Crippen molar-refractivity contribution in [2.45, 2.75) is 45.8 Å². The lowest BCUT2D eigenvalue weighted by Crippen LogP contribution is -2.65. The second-order valence-corrected chi connectivity index (χ2v) is 5.35. The Morgan fingerprint density at radius 1 is 1.47 bits per heavy atom. The van der Waals surface area contributed by atoms with Gasteiger partial charge in [-0.3, -0.25) is 0 Å². The molecule has 2 aliphatic rings. The quantitative estimate of drug-likeness (QED) is 0.567. The van der Waals surface area contributed by atoms with E-state index >= 15 is 0 Å². The fraction of sp³-hybridized carbons (Fsp3) is 0.846. The van der Waals surface area contributed by atoms with Crippen molar-refractivity contribution in [3.63, 3.8) is 0 Å². The molecule has 1 heterocycles. The van der Waals surface area contributed by atoms with Gasteiger partial charge in [0.15, 0.2) is 0 Å². The van der Waals surface area contributed by atoms with E-state index < -0.39 is 0 Å². The van der Waals surface area contributed by atoms with E-state index in [4.69, 9.17) is 4.74 Å². The van der Waals surface area contributed by atoms with Gasteiger partial charge in [0.2, 0.25) is 0 Å². The molecule has 1 saturated carbocycles. The molecule has 1 N–H and O–H groups in total. The Hall–Kier alpha value is -0.340. The maximum absolute atomic E-state index is 5.77. The first-order valence-electron chi connectivity index (χ1n) is 6.14. The van der Waals surface area contributed by atoms with Gasteiger partial charge in [-0.25, -0.2) is 0 Å². The Morgan fingerprint density at radius 2 is 2.27 bits per heavy atom. The molecule has 0 amide bonds. The summed E-state index contributed by atoms with van der Waals surface area (Å²) < 4.78 is 5.77. The predicted octanol–water partition coefficient (Wildman–Crippen LogP) is 2.36. The van der Waals surface area contributed by atoms with Gasteiger partial charge >= 0.3 is 0 Å². The molecule has 0 aromatic heterocycles. The minimum atomic E-state index is 0.330. The zero-order valence-corrected chi connectivity index (χ0v) is 10.1. The molecular formula is C13H23NO. The van der Waals surface area contributed by atoms with Crippen LogP contribution in [0.1, 0.15) is 33.6 Å². The molecule has 0 aromatic rings. The summed E-state index contributed by atoms with van der Waals surface area (Å²) >= 11 is 0. The molecule has 1 saturated heterocycles. The van der Waals surface area contributed by atoms with Crippen molar-refractivity contribution in [1.82, 2.24) is 5.32 Å². The zero-order chi connectivity index (χ0) is 10.9. The van der Waals surface area contributed by atoms with E-state index in [0.29, 0.717) is 17.6 Å². The average molecular weight is 209 g/mol. The number of nitrogens with one attached hydrogen (secondary N) is 1. The highest BCUT2D eigenvalue weighted by Gasteiger charge is 2.58. The van der Waals surface area contributed by atoms with Crippen molar-refractivity contribution in [1.29, 1.82) is 0 Å². The van der Waals surface area contributed by atoms with Crippen molar-refractivity contribution in [3.05, 3.63) is 12.2 Å². The van der Waals surface area contributed by atoms with Crippen LogP contribution in [0.3, 0.4) is 0 Å². The van der Waals surface area contributed by atoms with Gasteiger partial charge in [-0.05, 0) is 26.3 Å². The summed E-state index contributed by atoms with van der Waals surface area (Å²) in [6, 6.07) is 0.662. The van der Waals surface area contributed by atoms with Gasteiger partial charge in [0.05, 0.1) is 6.10 Å². The SMILES string of the molecule is C/C=C/CCNC1C2CCOC2C1(C)C. The van der Waals surface area contributed by atoms with Crippen molar-refractivity contribution < 1.29 is 4.74 Å². The number of hydrogen-bond donors (Lipinski definition) is 1. The molecule has 0 radical (unpaired) electrons. The minimum Gasteiger partial charge on any atom is -0.377 e. The topological polar surface area (TPSA) is 21.3 Å². The van der Waals surface area contributed by atoms with E-state index in [9.17, 15) is 0 Å². The second-order valence-electron chi connectivity index (χ2n) is 5.35. The summed E-state index contributed by atoms with van der Waals surface area (Å²) in [6.45, 7) is 8.79. The summed E-state index contributed by atoms with van der Waals surface area (Å²) in [6.07, 6.45) is 7.24. The molecule has 2 fully saturated rings. The van der Waals surface area contributed by atoms with Crippen LogP contribution in [0.15, 0.2) is 12.2 Å². The van der Waals surface area contributed by atoms with E-state index in [1.165, 1.54) is 6.42 Å². The molecule has 3 atom stereocenters. The molecule has 15 heavy (non-hydrogen) atoms. The third-order valence-electron chi connectivity index (χ3n) is 4.01. The van der Waals surface area contributed by atoms with Crippen LogP contribution in [0, 0.1) is 11.3 Å². The number of allylic oxidation sites excluding steroid dienone is 1. The van der Waals surface area contributed by atoms with Gasteiger partial charge in [-0.1, -0.05) is 26.0 Å². The Balaban J connectivity index is 1.82. The lowest BCUT2D eigenvalue weighted by Gasteiger charge is -2.55. The predicted molar refractivity (Wildman–Crippen MR) is 62.8 cm³/mol. The Bertz CT molecular complexity index is 247. The third kappa shape index (κ3) is 1.85.